The number of hydrogen-bond donors (Lipinski definition) is 0. The molecular weight excluding hydrogens is 308 g/mol. The summed E-state index contributed by atoms with van der Waals surface area (Å²) in [5.74, 6) is 0. The SMILES string of the molecule is Cc1nn(Cc2csc(-c3ccsc3)n2)c(C)c1[N+](=O)[O-]. The van der Waals surface area contributed by atoms with E-state index in [4.69, 9.17) is 0 Å². The molecule has 0 saturated carbocycles. The Morgan fingerprint density at radius 3 is 2.81 bits per heavy atom. The van der Waals surface area contributed by atoms with E-state index in [1.807, 2.05) is 16.8 Å². The zero-order valence-corrected chi connectivity index (χ0v) is 13.1. The van der Waals surface area contributed by atoms with Gasteiger partial charge in [0.1, 0.15) is 16.4 Å². The molecule has 0 fully saturated rings. The van der Waals surface area contributed by atoms with Crippen molar-refractivity contribution in [1.82, 2.24) is 14.8 Å². The van der Waals surface area contributed by atoms with Crippen molar-refractivity contribution in [2.75, 3.05) is 0 Å². The molecule has 0 aliphatic carbocycles. The highest BCUT2D eigenvalue weighted by molar-refractivity contribution is 7.14. The number of hydrogen-bond acceptors (Lipinski definition) is 6. The maximum atomic E-state index is 11.0. The molecule has 3 aromatic rings. The first-order valence-electron chi connectivity index (χ1n) is 6.21. The maximum absolute atomic E-state index is 11.0. The third-order valence-corrected chi connectivity index (χ3v) is 4.78. The van der Waals surface area contributed by atoms with Gasteiger partial charge in [-0.2, -0.15) is 16.4 Å². The lowest BCUT2D eigenvalue weighted by atomic mass is 10.3. The summed E-state index contributed by atoms with van der Waals surface area (Å²) in [4.78, 5) is 15.2. The molecule has 0 atom stereocenters. The van der Waals surface area contributed by atoms with Crippen LogP contribution in [0.25, 0.3) is 10.6 Å². The van der Waals surface area contributed by atoms with E-state index in [1.54, 1.807) is 41.2 Å². The van der Waals surface area contributed by atoms with Crippen LogP contribution in [0.15, 0.2) is 22.2 Å². The van der Waals surface area contributed by atoms with E-state index in [-0.39, 0.29) is 10.6 Å². The largest absolute Gasteiger partial charge is 0.312 e. The van der Waals surface area contributed by atoms with E-state index in [0.29, 0.717) is 17.9 Å². The Balaban J connectivity index is 1.88. The Kier molecular flexibility index (Phi) is 3.56. The molecule has 0 aliphatic rings. The summed E-state index contributed by atoms with van der Waals surface area (Å²) < 4.78 is 1.64. The average molecular weight is 320 g/mol. The molecule has 0 bridgehead atoms. The molecule has 3 heterocycles. The number of thiazole rings is 1. The second kappa shape index (κ2) is 5.38. The monoisotopic (exact) mass is 320 g/mol. The minimum atomic E-state index is -0.383. The number of aryl methyl sites for hydroxylation is 1. The van der Waals surface area contributed by atoms with Crippen LogP contribution in [0.1, 0.15) is 17.1 Å². The zero-order chi connectivity index (χ0) is 15.0. The Hall–Kier alpha value is -2.06. The highest BCUT2D eigenvalue weighted by Gasteiger charge is 2.22. The van der Waals surface area contributed by atoms with Crippen molar-refractivity contribution in [3.63, 3.8) is 0 Å². The molecule has 21 heavy (non-hydrogen) atoms. The first kappa shape index (κ1) is 13.9. The van der Waals surface area contributed by atoms with Gasteiger partial charge < -0.3 is 0 Å². The smallest absolute Gasteiger partial charge is 0.258 e. The summed E-state index contributed by atoms with van der Waals surface area (Å²) in [7, 11) is 0. The van der Waals surface area contributed by atoms with Crippen molar-refractivity contribution >= 4 is 28.4 Å². The van der Waals surface area contributed by atoms with E-state index in [9.17, 15) is 10.1 Å². The van der Waals surface area contributed by atoms with Crippen molar-refractivity contribution in [2.24, 2.45) is 0 Å². The predicted octanol–water partition coefficient (Wildman–Crippen LogP) is 3.64. The molecule has 108 valence electrons. The summed E-state index contributed by atoms with van der Waals surface area (Å²) in [6.45, 7) is 3.81. The number of thiophene rings is 1. The molecule has 8 heteroatoms. The van der Waals surface area contributed by atoms with Gasteiger partial charge in [0.2, 0.25) is 0 Å². The van der Waals surface area contributed by atoms with Gasteiger partial charge in [0.25, 0.3) is 0 Å². The molecule has 3 rings (SSSR count). The maximum Gasteiger partial charge on any atom is 0.312 e. The highest BCUT2D eigenvalue weighted by Crippen LogP contribution is 2.27. The Labute approximate surface area is 128 Å². The molecule has 0 saturated heterocycles. The molecule has 6 nitrogen and oxygen atoms in total. The van der Waals surface area contributed by atoms with Gasteiger partial charge in [0, 0.05) is 16.3 Å². The Morgan fingerprint density at radius 2 is 2.19 bits per heavy atom. The van der Waals surface area contributed by atoms with Gasteiger partial charge in [0.15, 0.2) is 0 Å². The van der Waals surface area contributed by atoms with Gasteiger partial charge in [-0.15, -0.1) is 11.3 Å². The van der Waals surface area contributed by atoms with E-state index in [1.165, 1.54) is 0 Å². The molecule has 0 unspecified atom stereocenters. The first-order chi connectivity index (χ1) is 10.1. The normalized spacial score (nSPS) is 11.0. The molecule has 0 aliphatic heterocycles. The van der Waals surface area contributed by atoms with Gasteiger partial charge >= 0.3 is 5.69 Å². The van der Waals surface area contributed by atoms with Crippen molar-refractivity contribution in [1.29, 1.82) is 0 Å². The minimum Gasteiger partial charge on any atom is -0.258 e. The second-order valence-corrected chi connectivity index (χ2v) is 6.23. The number of nitro groups is 1. The average Bonchev–Trinajstić information content (AvgIpc) is 3.11. The van der Waals surface area contributed by atoms with Gasteiger partial charge in [0.05, 0.1) is 17.2 Å². The molecule has 0 radical (unpaired) electrons. The first-order valence-corrected chi connectivity index (χ1v) is 8.04. The highest BCUT2D eigenvalue weighted by atomic mass is 32.1. The Morgan fingerprint density at radius 1 is 1.38 bits per heavy atom. The number of nitrogens with zero attached hydrogens (tertiary/aromatic N) is 4. The molecular formula is C13H12N4O2S2. The summed E-state index contributed by atoms with van der Waals surface area (Å²) in [6, 6.07) is 2.03. The van der Waals surface area contributed by atoms with Crippen LogP contribution < -0.4 is 0 Å². The van der Waals surface area contributed by atoms with Crippen molar-refractivity contribution in [3.8, 4) is 10.6 Å². The zero-order valence-electron chi connectivity index (χ0n) is 11.4. The van der Waals surface area contributed by atoms with Gasteiger partial charge in [-0.3, -0.25) is 14.8 Å². The van der Waals surface area contributed by atoms with Crippen LogP contribution in [-0.2, 0) is 6.54 Å². The van der Waals surface area contributed by atoms with E-state index in [0.717, 1.165) is 16.3 Å². The number of aromatic nitrogens is 3. The fourth-order valence-electron chi connectivity index (χ4n) is 2.16. The third kappa shape index (κ3) is 2.59. The molecule has 0 spiro atoms. The summed E-state index contributed by atoms with van der Waals surface area (Å²) in [5, 5.41) is 22.2. The van der Waals surface area contributed by atoms with Gasteiger partial charge in [-0.25, -0.2) is 4.98 Å². The summed E-state index contributed by atoms with van der Waals surface area (Å²) in [6.07, 6.45) is 0. The fourth-order valence-corrected chi connectivity index (χ4v) is 3.68. The molecule has 0 N–H and O–H groups in total. The van der Waals surface area contributed by atoms with Crippen LogP contribution in [0, 0.1) is 24.0 Å². The lowest BCUT2D eigenvalue weighted by Gasteiger charge is -2.00. The van der Waals surface area contributed by atoms with Crippen LogP contribution in [0.5, 0.6) is 0 Å². The van der Waals surface area contributed by atoms with Gasteiger partial charge in [-0.1, -0.05) is 0 Å². The van der Waals surface area contributed by atoms with Crippen molar-refractivity contribution in [3.05, 3.63) is 49.4 Å². The van der Waals surface area contributed by atoms with Crippen molar-refractivity contribution in [2.45, 2.75) is 20.4 Å². The topological polar surface area (TPSA) is 73.8 Å². The van der Waals surface area contributed by atoms with E-state index in [2.05, 4.69) is 15.5 Å². The fraction of sp³-hybridized carbons (Fsp3) is 0.231. The van der Waals surface area contributed by atoms with Gasteiger partial charge in [-0.05, 0) is 25.3 Å². The van der Waals surface area contributed by atoms with Crippen LogP contribution in [0.3, 0.4) is 0 Å². The molecule has 0 amide bonds. The number of rotatable bonds is 4. The standard InChI is InChI=1S/C13H12N4O2S2/c1-8-12(17(18)19)9(2)16(15-8)5-11-7-21-13(14-11)10-3-4-20-6-10/h3-4,6-7H,5H2,1-2H3. The molecule has 3 aromatic heterocycles. The van der Waals surface area contributed by atoms with Crippen LogP contribution in [0.4, 0.5) is 5.69 Å². The van der Waals surface area contributed by atoms with Crippen LogP contribution >= 0.6 is 22.7 Å². The summed E-state index contributed by atoms with van der Waals surface area (Å²) >= 11 is 3.20. The lowest BCUT2D eigenvalue weighted by Crippen LogP contribution is -2.04. The lowest BCUT2D eigenvalue weighted by molar-refractivity contribution is -0.386. The predicted molar refractivity (Wildman–Crippen MR) is 82.9 cm³/mol. The van der Waals surface area contributed by atoms with E-state index >= 15 is 0 Å². The quantitative estimate of drug-likeness (QED) is 0.543. The van der Waals surface area contributed by atoms with Crippen LogP contribution in [-0.4, -0.2) is 19.7 Å². The third-order valence-electron chi connectivity index (χ3n) is 3.16. The second-order valence-electron chi connectivity index (χ2n) is 4.59. The van der Waals surface area contributed by atoms with Crippen molar-refractivity contribution < 1.29 is 4.92 Å². The van der Waals surface area contributed by atoms with E-state index < -0.39 is 0 Å². The minimum absolute atomic E-state index is 0.0864. The van der Waals surface area contributed by atoms with Crippen LogP contribution in [0.2, 0.25) is 0 Å². The molecule has 0 aromatic carbocycles. The Bertz CT molecular complexity index is 789. The summed E-state index contributed by atoms with van der Waals surface area (Å²) in [5.41, 5.74) is 3.05.